The molecular formula is C12H12BrN3O2. The number of halogens is 1. The maximum atomic E-state index is 11.8. The van der Waals surface area contributed by atoms with Crippen molar-refractivity contribution < 1.29 is 9.53 Å². The van der Waals surface area contributed by atoms with E-state index in [1.807, 2.05) is 18.2 Å². The van der Waals surface area contributed by atoms with E-state index in [1.165, 1.54) is 0 Å². The van der Waals surface area contributed by atoms with Crippen molar-refractivity contribution in [2.24, 2.45) is 0 Å². The molecule has 5 nitrogen and oxygen atoms in total. The average molecular weight is 310 g/mol. The Morgan fingerprint density at radius 1 is 1.44 bits per heavy atom. The monoisotopic (exact) mass is 309 g/mol. The maximum absolute atomic E-state index is 11.8. The first kappa shape index (κ1) is 12.6. The van der Waals surface area contributed by atoms with E-state index in [9.17, 15) is 4.79 Å². The highest BCUT2D eigenvalue weighted by Gasteiger charge is 2.16. The molecule has 6 heteroatoms. The molecule has 1 atom stereocenters. The third-order valence-corrected chi connectivity index (χ3v) is 2.92. The molecule has 0 radical (unpaired) electrons. The first-order chi connectivity index (χ1) is 8.66. The second kappa shape index (κ2) is 5.68. The Labute approximate surface area is 113 Å². The van der Waals surface area contributed by atoms with Crippen LogP contribution in [0.4, 0.5) is 5.82 Å². The Hall–Kier alpha value is -1.82. The molecule has 0 aliphatic rings. The Balaban J connectivity index is 1.97. The Kier molecular flexibility index (Phi) is 3.99. The number of hydrogen-bond donors (Lipinski definition) is 2. The highest BCUT2D eigenvalue weighted by atomic mass is 79.9. The van der Waals surface area contributed by atoms with E-state index in [0.717, 1.165) is 4.47 Å². The molecule has 0 aliphatic carbocycles. The van der Waals surface area contributed by atoms with Gasteiger partial charge in [-0.2, -0.15) is 5.10 Å². The van der Waals surface area contributed by atoms with E-state index in [4.69, 9.17) is 4.74 Å². The number of anilines is 1. The van der Waals surface area contributed by atoms with Gasteiger partial charge in [-0.3, -0.25) is 9.89 Å². The molecule has 94 valence electrons. The minimum absolute atomic E-state index is 0.241. The topological polar surface area (TPSA) is 67.0 Å². The summed E-state index contributed by atoms with van der Waals surface area (Å²) in [7, 11) is 0. The summed E-state index contributed by atoms with van der Waals surface area (Å²) in [6.07, 6.45) is 0.960. The fourth-order valence-electron chi connectivity index (χ4n) is 1.34. The second-order valence-electron chi connectivity index (χ2n) is 3.65. The van der Waals surface area contributed by atoms with Gasteiger partial charge in [0.25, 0.3) is 5.91 Å². The minimum atomic E-state index is -0.605. The highest BCUT2D eigenvalue weighted by molar-refractivity contribution is 9.10. The number of nitrogens with one attached hydrogen (secondary N) is 2. The summed E-state index contributed by atoms with van der Waals surface area (Å²) in [5.41, 5.74) is 0. The first-order valence-corrected chi connectivity index (χ1v) is 6.17. The molecule has 2 N–H and O–H groups in total. The lowest BCUT2D eigenvalue weighted by molar-refractivity contribution is -0.122. The number of ether oxygens (including phenoxy) is 1. The first-order valence-electron chi connectivity index (χ1n) is 5.38. The van der Waals surface area contributed by atoms with Crippen molar-refractivity contribution >= 4 is 27.7 Å². The van der Waals surface area contributed by atoms with Gasteiger partial charge in [0, 0.05) is 6.07 Å². The predicted octanol–water partition coefficient (Wildman–Crippen LogP) is 2.58. The van der Waals surface area contributed by atoms with Crippen LogP contribution in [-0.4, -0.2) is 22.2 Å². The van der Waals surface area contributed by atoms with Crippen LogP contribution in [0.2, 0.25) is 0 Å². The number of rotatable bonds is 4. The van der Waals surface area contributed by atoms with Crippen LogP contribution in [-0.2, 0) is 4.79 Å². The van der Waals surface area contributed by atoms with Crippen molar-refractivity contribution in [1.29, 1.82) is 0 Å². The standard InChI is InChI=1S/C12H12BrN3O2/c1-8(12(17)15-11-6-7-14-16-11)18-10-5-3-2-4-9(10)13/h2-8H,1H3,(H2,14,15,16,17)/t8-/m0/s1. The van der Waals surface area contributed by atoms with Gasteiger partial charge in [-0.25, -0.2) is 0 Å². The zero-order valence-corrected chi connectivity index (χ0v) is 11.3. The van der Waals surface area contributed by atoms with Gasteiger partial charge < -0.3 is 10.1 Å². The van der Waals surface area contributed by atoms with Gasteiger partial charge in [0.1, 0.15) is 11.6 Å². The van der Waals surface area contributed by atoms with Crippen LogP contribution in [0, 0.1) is 0 Å². The number of aromatic amines is 1. The normalized spacial score (nSPS) is 11.9. The number of benzene rings is 1. The third kappa shape index (κ3) is 3.10. The number of H-pyrrole nitrogens is 1. The van der Waals surface area contributed by atoms with Gasteiger partial charge in [-0.15, -0.1) is 0 Å². The lowest BCUT2D eigenvalue weighted by atomic mass is 10.3. The summed E-state index contributed by atoms with van der Waals surface area (Å²) in [5, 5.41) is 9.06. The number of aromatic nitrogens is 2. The largest absolute Gasteiger partial charge is 0.480 e. The van der Waals surface area contributed by atoms with Gasteiger partial charge in [0.15, 0.2) is 6.10 Å². The lowest BCUT2D eigenvalue weighted by Gasteiger charge is -2.14. The van der Waals surface area contributed by atoms with Crippen molar-refractivity contribution in [2.75, 3.05) is 5.32 Å². The predicted molar refractivity (Wildman–Crippen MR) is 71.4 cm³/mol. The van der Waals surface area contributed by atoms with Crippen molar-refractivity contribution in [3.63, 3.8) is 0 Å². The van der Waals surface area contributed by atoms with Gasteiger partial charge >= 0.3 is 0 Å². The highest BCUT2D eigenvalue weighted by Crippen LogP contribution is 2.24. The van der Waals surface area contributed by atoms with Gasteiger partial charge in [-0.05, 0) is 35.0 Å². The minimum Gasteiger partial charge on any atom is -0.480 e. The molecule has 0 fully saturated rings. The van der Waals surface area contributed by atoms with E-state index in [0.29, 0.717) is 11.6 Å². The fourth-order valence-corrected chi connectivity index (χ4v) is 1.72. The van der Waals surface area contributed by atoms with Crippen molar-refractivity contribution in [3.05, 3.63) is 41.0 Å². The summed E-state index contributed by atoms with van der Waals surface area (Å²) in [5.74, 6) is 0.933. The zero-order valence-electron chi connectivity index (χ0n) is 9.68. The van der Waals surface area contributed by atoms with E-state index in [-0.39, 0.29) is 5.91 Å². The number of amides is 1. The molecule has 0 saturated carbocycles. The van der Waals surface area contributed by atoms with Crippen molar-refractivity contribution in [2.45, 2.75) is 13.0 Å². The van der Waals surface area contributed by atoms with Gasteiger partial charge in [0.2, 0.25) is 0 Å². The summed E-state index contributed by atoms with van der Waals surface area (Å²) in [4.78, 5) is 11.8. The SMILES string of the molecule is C[C@H](Oc1ccccc1Br)C(=O)Nc1ccn[nH]1. The molecule has 2 rings (SSSR count). The number of para-hydroxylation sites is 1. The molecule has 2 aromatic rings. The number of carbonyl (C=O) groups excluding carboxylic acids is 1. The molecule has 0 spiro atoms. The summed E-state index contributed by atoms with van der Waals surface area (Å²) in [6, 6.07) is 9.05. The average Bonchev–Trinajstić information content (AvgIpc) is 2.84. The maximum Gasteiger partial charge on any atom is 0.266 e. The Bertz CT molecular complexity index is 528. The van der Waals surface area contributed by atoms with E-state index in [2.05, 4.69) is 31.4 Å². The van der Waals surface area contributed by atoms with Crippen LogP contribution in [0.1, 0.15) is 6.92 Å². The van der Waals surface area contributed by atoms with E-state index in [1.54, 1.807) is 25.3 Å². The van der Waals surface area contributed by atoms with Crippen LogP contribution in [0.15, 0.2) is 41.0 Å². The van der Waals surface area contributed by atoms with Crippen LogP contribution in [0.5, 0.6) is 5.75 Å². The zero-order chi connectivity index (χ0) is 13.0. The molecule has 0 saturated heterocycles. The summed E-state index contributed by atoms with van der Waals surface area (Å²) < 4.78 is 6.37. The molecule has 18 heavy (non-hydrogen) atoms. The van der Waals surface area contributed by atoms with Crippen LogP contribution < -0.4 is 10.1 Å². The van der Waals surface area contributed by atoms with Crippen molar-refractivity contribution in [1.82, 2.24) is 10.2 Å². The van der Waals surface area contributed by atoms with Crippen LogP contribution in [0.3, 0.4) is 0 Å². The summed E-state index contributed by atoms with van der Waals surface area (Å²) in [6.45, 7) is 1.69. The van der Waals surface area contributed by atoms with Gasteiger partial charge in [-0.1, -0.05) is 12.1 Å². The lowest BCUT2D eigenvalue weighted by Crippen LogP contribution is -2.30. The number of carbonyl (C=O) groups is 1. The molecular weight excluding hydrogens is 298 g/mol. The smallest absolute Gasteiger partial charge is 0.266 e. The van der Waals surface area contributed by atoms with E-state index < -0.39 is 6.10 Å². The van der Waals surface area contributed by atoms with Crippen LogP contribution >= 0.6 is 15.9 Å². The molecule has 1 aromatic carbocycles. The molecule has 0 unspecified atom stereocenters. The Morgan fingerprint density at radius 3 is 2.89 bits per heavy atom. The van der Waals surface area contributed by atoms with Gasteiger partial charge in [0.05, 0.1) is 10.7 Å². The van der Waals surface area contributed by atoms with E-state index >= 15 is 0 Å². The number of hydrogen-bond acceptors (Lipinski definition) is 3. The molecule has 1 heterocycles. The molecule has 0 bridgehead atoms. The fraction of sp³-hybridized carbons (Fsp3) is 0.167. The van der Waals surface area contributed by atoms with Crippen LogP contribution in [0.25, 0.3) is 0 Å². The Morgan fingerprint density at radius 2 is 2.22 bits per heavy atom. The quantitative estimate of drug-likeness (QED) is 0.912. The summed E-state index contributed by atoms with van der Waals surface area (Å²) >= 11 is 3.36. The number of nitrogens with zero attached hydrogens (tertiary/aromatic N) is 1. The van der Waals surface area contributed by atoms with Crippen molar-refractivity contribution in [3.8, 4) is 5.75 Å². The molecule has 1 amide bonds. The second-order valence-corrected chi connectivity index (χ2v) is 4.50. The third-order valence-electron chi connectivity index (χ3n) is 2.27. The molecule has 0 aliphatic heterocycles. The molecule has 1 aromatic heterocycles.